The van der Waals surface area contributed by atoms with Gasteiger partial charge >= 0.3 is 12.1 Å². The van der Waals surface area contributed by atoms with Gasteiger partial charge in [0.1, 0.15) is 6.04 Å². The van der Waals surface area contributed by atoms with Crippen LogP contribution in [-0.2, 0) is 20.1 Å². The molecule has 0 saturated heterocycles. The third-order valence-corrected chi connectivity index (χ3v) is 7.07. The van der Waals surface area contributed by atoms with Crippen LogP contribution in [0.4, 0.5) is 13.2 Å². The van der Waals surface area contributed by atoms with Crippen molar-refractivity contribution in [2.75, 3.05) is 11.5 Å². The van der Waals surface area contributed by atoms with E-state index in [1.165, 1.54) is 12.1 Å². The molecular formula is C19H20Cl2F3N3O4S. The van der Waals surface area contributed by atoms with Crippen LogP contribution < -0.4 is 5.73 Å². The van der Waals surface area contributed by atoms with Gasteiger partial charge in [-0.15, -0.1) is 0 Å². The molecule has 0 saturated carbocycles. The molecular weight excluding hydrogens is 494 g/mol. The normalized spacial score (nSPS) is 16.7. The Kier molecular flexibility index (Phi) is 8.16. The van der Waals surface area contributed by atoms with Crippen LogP contribution in [0, 0.1) is 4.78 Å². The first-order chi connectivity index (χ1) is 14.7. The predicted octanol–water partition coefficient (Wildman–Crippen LogP) is 4.04. The number of hydrogen-bond acceptors (Lipinski definition) is 6. The molecule has 1 aromatic carbocycles. The molecule has 0 radical (unpaired) electrons. The molecule has 0 aliphatic rings. The summed E-state index contributed by atoms with van der Waals surface area (Å²) in [5.41, 5.74) is 1.93. The summed E-state index contributed by atoms with van der Waals surface area (Å²) >= 11 is 11.9. The highest BCUT2D eigenvalue weighted by Gasteiger charge is 2.56. The first kappa shape index (κ1) is 26.3. The van der Waals surface area contributed by atoms with Crippen LogP contribution in [0.2, 0.25) is 10.0 Å². The number of carboxylic acid groups (broad SMARTS) is 1. The molecule has 1 unspecified atom stereocenters. The number of halogens is 5. The molecule has 1 aromatic heterocycles. The van der Waals surface area contributed by atoms with E-state index in [0.29, 0.717) is 16.1 Å². The van der Waals surface area contributed by atoms with Crippen LogP contribution in [0.3, 0.4) is 0 Å². The lowest BCUT2D eigenvalue weighted by atomic mass is 9.94. The van der Waals surface area contributed by atoms with E-state index in [9.17, 15) is 27.3 Å². The van der Waals surface area contributed by atoms with Crippen LogP contribution in [-0.4, -0.2) is 49.1 Å². The second-order valence-corrected chi connectivity index (χ2v) is 10.4. The number of benzene rings is 1. The van der Waals surface area contributed by atoms with E-state index in [1.54, 1.807) is 12.1 Å². The minimum atomic E-state index is -5.17. The molecule has 3 atom stereocenters. The summed E-state index contributed by atoms with van der Waals surface area (Å²) in [4.78, 5) is 14.5. The van der Waals surface area contributed by atoms with Crippen molar-refractivity contribution in [2.45, 2.75) is 30.7 Å². The van der Waals surface area contributed by atoms with Gasteiger partial charge in [-0.2, -0.15) is 13.2 Å². The van der Waals surface area contributed by atoms with Gasteiger partial charge in [0.05, 0.1) is 5.69 Å². The molecule has 176 valence electrons. The van der Waals surface area contributed by atoms with Gasteiger partial charge in [-0.3, -0.25) is 14.6 Å². The molecule has 2 aromatic rings. The molecule has 0 aliphatic heterocycles. The lowest BCUT2D eigenvalue weighted by molar-refractivity contribution is -0.268. The maximum absolute atomic E-state index is 13.7. The molecule has 0 amide bonds. The number of aliphatic hydroxyl groups is 1. The lowest BCUT2D eigenvalue weighted by Crippen LogP contribution is -2.44. The minimum absolute atomic E-state index is 0.256. The van der Waals surface area contributed by atoms with Crippen molar-refractivity contribution in [1.82, 2.24) is 4.98 Å². The number of aromatic nitrogens is 1. The van der Waals surface area contributed by atoms with Gasteiger partial charge in [0.15, 0.2) is 0 Å². The van der Waals surface area contributed by atoms with Crippen molar-refractivity contribution < 1.29 is 32.4 Å². The molecule has 0 bridgehead atoms. The quantitative estimate of drug-likeness (QED) is 0.399. The fourth-order valence-electron chi connectivity index (χ4n) is 2.79. The van der Waals surface area contributed by atoms with E-state index in [1.807, 2.05) is 0 Å². The number of nitrogens with one attached hydrogen (secondary N) is 1. The van der Waals surface area contributed by atoms with E-state index >= 15 is 0 Å². The molecule has 5 N–H and O–H groups in total. The topological polar surface area (TPSA) is 137 Å². The highest BCUT2D eigenvalue weighted by molar-refractivity contribution is 7.92. The van der Waals surface area contributed by atoms with Crippen LogP contribution in [0.15, 0.2) is 36.5 Å². The fraction of sp³-hybridized carbons (Fsp3) is 0.368. The molecule has 1 heterocycles. The number of pyridine rings is 1. The Morgan fingerprint density at radius 1 is 1.22 bits per heavy atom. The minimum Gasteiger partial charge on any atom is -0.480 e. The maximum Gasteiger partial charge on any atom is 0.423 e. The Bertz CT molecular complexity index is 1080. The van der Waals surface area contributed by atoms with Gasteiger partial charge in [-0.05, 0) is 24.6 Å². The zero-order chi connectivity index (χ0) is 24.3. The van der Waals surface area contributed by atoms with E-state index in [0.717, 1.165) is 12.3 Å². The van der Waals surface area contributed by atoms with Gasteiger partial charge in [-0.1, -0.05) is 35.3 Å². The molecule has 7 nitrogen and oxygen atoms in total. The summed E-state index contributed by atoms with van der Waals surface area (Å²) in [6, 6.07) is 5.44. The summed E-state index contributed by atoms with van der Waals surface area (Å²) in [5, 5.41) is 19.8. The highest BCUT2D eigenvalue weighted by atomic mass is 35.5. The lowest BCUT2D eigenvalue weighted by Gasteiger charge is -2.30. The number of nitrogens with zero attached hydrogens (tertiary/aromatic N) is 1. The van der Waals surface area contributed by atoms with E-state index < -0.39 is 57.1 Å². The first-order valence-corrected chi connectivity index (χ1v) is 11.7. The third kappa shape index (κ3) is 6.32. The number of carboxylic acids is 1. The summed E-state index contributed by atoms with van der Waals surface area (Å²) < 4.78 is 61.3. The van der Waals surface area contributed by atoms with Crippen molar-refractivity contribution >= 4 is 38.9 Å². The Morgan fingerprint density at radius 2 is 1.88 bits per heavy atom. The summed E-state index contributed by atoms with van der Waals surface area (Å²) in [6.45, 7) is 0. The number of carbonyl (C=O) groups is 1. The molecule has 32 heavy (non-hydrogen) atoms. The van der Waals surface area contributed by atoms with Gasteiger partial charge in [-0.25, -0.2) is 4.21 Å². The Hall–Kier alpha value is -1.92. The zero-order valence-corrected chi connectivity index (χ0v) is 18.7. The zero-order valence-electron chi connectivity index (χ0n) is 16.4. The first-order valence-electron chi connectivity index (χ1n) is 9.10. The van der Waals surface area contributed by atoms with Crippen LogP contribution in [0.25, 0.3) is 11.1 Å². The van der Waals surface area contributed by atoms with Gasteiger partial charge in [0, 0.05) is 55.0 Å². The van der Waals surface area contributed by atoms with Crippen molar-refractivity contribution in [3.05, 3.63) is 52.3 Å². The predicted molar refractivity (Wildman–Crippen MR) is 115 cm³/mol. The number of alkyl halides is 3. The number of nitrogens with two attached hydrogens (primary N) is 1. The smallest absolute Gasteiger partial charge is 0.423 e. The van der Waals surface area contributed by atoms with E-state index in [2.05, 4.69) is 4.98 Å². The third-order valence-electron chi connectivity index (χ3n) is 4.77. The Morgan fingerprint density at radius 3 is 2.38 bits per heavy atom. The SMILES string of the molecule is N=[S@@](=O)(CC[C@H](N)C(=O)O)CCC(O)(c1ccc(-c2ccc(Cl)cc2Cl)cn1)C(F)(F)F. The highest BCUT2D eigenvalue weighted by Crippen LogP contribution is 2.41. The summed E-state index contributed by atoms with van der Waals surface area (Å²) in [7, 11) is -3.63. The number of aliphatic carboxylic acids is 1. The van der Waals surface area contributed by atoms with Gasteiger partial charge < -0.3 is 15.9 Å². The van der Waals surface area contributed by atoms with Gasteiger partial charge in [0.25, 0.3) is 0 Å². The monoisotopic (exact) mass is 513 g/mol. The average Bonchev–Trinajstić information content (AvgIpc) is 2.69. The summed E-state index contributed by atoms with van der Waals surface area (Å²) in [6.07, 6.45) is -5.52. The van der Waals surface area contributed by atoms with Crippen molar-refractivity contribution in [1.29, 1.82) is 4.78 Å². The standard InChI is InChI=1S/C19H20Cl2F3N3O4S/c20-12-2-3-13(14(21)9-12)11-1-4-16(27-10-11)18(30,19(22,23)24)6-8-32(26,31)7-5-15(25)17(28)29/h1-4,9-10,15,26,30H,5-8,25H2,(H,28,29)/t15-,18?,32+/m0/s1. The van der Waals surface area contributed by atoms with Crippen molar-refractivity contribution in [3.8, 4) is 11.1 Å². The largest absolute Gasteiger partial charge is 0.480 e. The van der Waals surface area contributed by atoms with Crippen LogP contribution >= 0.6 is 23.2 Å². The maximum atomic E-state index is 13.7. The Balaban J connectivity index is 2.26. The average molecular weight is 514 g/mol. The second-order valence-electron chi connectivity index (χ2n) is 7.12. The molecule has 2 rings (SSSR count). The van der Waals surface area contributed by atoms with Gasteiger partial charge in [0.2, 0.25) is 5.60 Å². The summed E-state index contributed by atoms with van der Waals surface area (Å²) in [5.74, 6) is -2.73. The number of hydrogen-bond donors (Lipinski definition) is 4. The van der Waals surface area contributed by atoms with Crippen molar-refractivity contribution in [3.63, 3.8) is 0 Å². The van der Waals surface area contributed by atoms with Crippen molar-refractivity contribution in [2.24, 2.45) is 5.73 Å². The van der Waals surface area contributed by atoms with E-state index in [4.69, 9.17) is 38.8 Å². The van der Waals surface area contributed by atoms with Crippen LogP contribution in [0.5, 0.6) is 0 Å². The number of rotatable bonds is 9. The molecule has 0 fully saturated rings. The molecule has 13 heteroatoms. The molecule has 0 aliphatic carbocycles. The van der Waals surface area contributed by atoms with E-state index in [-0.39, 0.29) is 11.4 Å². The molecule has 0 spiro atoms. The Labute approximate surface area is 192 Å². The second kappa shape index (κ2) is 9.92. The fourth-order valence-corrected chi connectivity index (χ4v) is 4.77. The van der Waals surface area contributed by atoms with Crippen LogP contribution in [0.1, 0.15) is 18.5 Å².